The van der Waals surface area contributed by atoms with Crippen LogP contribution in [0.2, 0.25) is 0 Å². The molecule has 11 nitrogen and oxygen atoms in total. The molecule has 0 saturated carbocycles. The number of anilines is 2. The van der Waals surface area contributed by atoms with Gasteiger partial charge in [-0.1, -0.05) is 12.1 Å². The van der Waals surface area contributed by atoms with E-state index >= 15 is 0 Å². The number of carbonyl (C=O) groups excluding carboxylic acids is 1. The summed E-state index contributed by atoms with van der Waals surface area (Å²) in [7, 11) is -4.03. The number of H-pyrrole nitrogens is 1. The number of nitrogens with zero attached hydrogens (tertiary/aromatic N) is 1. The Morgan fingerprint density at radius 3 is 2.19 bits per heavy atom. The summed E-state index contributed by atoms with van der Waals surface area (Å²) in [5.41, 5.74) is 2.89. The van der Waals surface area contributed by atoms with E-state index in [0.717, 1.165) is 23.4 Å². The van der Waals surface area contributed by atoms with Gasteiger partial charge in [-0.2, -0.15) is 18.3 Å². The first-order chi connectivity index (χ1) is 19.5. The van der Waals surface area contributed by atoms with Crippen LogP contribution in [-0.4, -0.2) is 61.1 Å². The highest BCUT2D eigenvalue weighted by Crippen LogP contribution is 2.42. The van der Waals surface area contributed by atoms with E-state index in [2.05, 4.69) is 30.3 Å². The van der Waals surface area contributed by atoms with Crippen molar-refractivity contribution in [3.05, 3.63) is 77.1 Å². The Labute approximate surface area is 232 Å². The van der Waals surface area contributed by atoms with Crippen molar-refractivity contribution < 1.29 is 54.2 Å². The number of hydrogen-bond donors (Lipinski definition) is 5. The number of carboxylic acid groups (broad SMARTS) is 1. The molecule has 2 aliphatic heterocycles. The molecule has 0 aliphatic carbocycles. The molecule has 1 unspecified atom stereocenters. The van der Waals surface area contributed by atoms with E-state index in [-0.39, 0.29) is 22.9 Å². The summed E-state index contributed by atoms with van der Waals surface area (Å²) in [5, 5.41) is 20.3. The zero-order valence-corrected chi connectivity index (χ0v) is 21.6. The van der Waals surface area contributed by atoms with Gasteiger partial charge in [-0.3, -0.25) is 14.6 Å². The molecule has 5 N–H and O–H groups in total. The first-order valence-electron chi connectivity index (χ1n) is 11.6. The molecule has 0 fully saturated rings. The van der Waals surface area contributed by atoms with Gasteiger partial charge in [-0.15, -0.1) is 13.2 Å². The fourth-order valence-corrected chi connectivity index (χ4v) is 5.21. The molecule has 0 saturated heterocycles. The number of hydrogen-bond acceptors (Lipinski definition) is 8. The van der Waals surface area contributed by atoms with Gasteiger partial charge >= 0.3 is 18.5 Å². The van der Waals surface area contributed by atoms with Crippen molar-refractivity contribution in [2.24, 2.45) is 0 Å². The smallest absolute Gasteiger partial charge is 0.475 e. The number of Topliss-reactive ketones (excluding diaryl/α,β-unsaturated/α-hetero) is 1. The van der Waals surface area contributed by atoms with Crippen molar-refractivity contribution >= 4 is 33.3 Å². The Balaban J connectivity index is 0.000000517. The predicted molar refractivity (Wildman–Crippen MR) is 133 cm³/mol. The molecule has 3 heterocycles. The number of nitrogens with one attached hydrogen (secondary N) is 4. The zero-order valence-electron chi connectivity index (χ0n) is 20.8. The van der Waals surface area contributed by atoms with E-state index < -0.39 is 40.2 Å². The lowest BCUT2D eigenvalue weighted by Crippen LogP contribution is -2.39. The Morgan fingerprint density at radius 1 is 1.00 bits per heavy atom. The maximum absolute atomic E-state index is 12.8. The fraction of sp³-hybridized carbons (Fsp3) is 0.208. The van der Waals surface area contributed by atoms with Crippen LogP contribution in [0.25, 0.3) is 0 Å². The lowest BCUT2D eigenvalue weighted by Gasteiger charge is -2.32. The molecule has 42 heavy (non-hydrogen) atoms. The van der Waals surface area contributed by atoms with Crippen molar-refractivity contribution in [2.75, 3.05) is 23.1 Å². The largest absolute Gasteiger partial charge is 0.573 e. The average Bonchev–Trinajstić information content (AvgIpc) is 3.36. The number of benzene rings is 2. The van der Waals surface area contributed by atoms with E-state index in [9.17, 15) is 39.6 Å². The van der Waals surface area contributed by atoms with Crippen molar-refractivity contribution in [2.45, 2.75) is 23.4 Å². The molecule has 1 atom stereocenters. The van der Waals surface area contributed by atoms with Gasteiger partial charge < -0.3 is 20.5 Å². The standard InChI is InChI=1S/C22H18F3N5O4S.C2HF3O2/c23-22(24,25)34-14-5-3-13(4-6-14)30-35(32,33)15-7-1-12(2-8-15)19-16-9-27-29-21(16)28-17-10-26-11-18(31)20(17)19;3-2(4,5)1(6)7/h1-9,19,26,30H,10-11H2,(H2,27,28,29);(H,6,7). The summed E-state index contributed by atoms with van der Waals surface area (Å²) in [4.78, 5) is 21.5. The maximum atomic E-state index is 12.8. The van der Waals surface area contributed by atoms with Gasteiger partial charge in [0.25, 0.3) is 10.0 Å². The summed E-state index contributed by atoms with van der Waals surface area (Å²) in [5.74, 6) is -3.03. The molecule has 2 aliphatic rings. The molecular formula is C24H19F6N5O6S. The number of ketones is 1. The summed E-state index contributed by atoms with van der Waals surface area (Å²) < 4.78 is 100. The average molecular weight is 620 g/mol. The van der Waals surface area contributed by atoms with E-state index in [0.29, 0.717) is 23.5 Å². The molecule has 3 aromatic rings. The monoisotopic (exact) mass is 619 g/mol. The lowest BCUT2D eigenvalue weighted by atomic mass is 9.80. The van der Waals surface area contributed by atoms with Crippen molar-refractivity contribution in [3.63, 3.8) is 0 Å². The first kappa shape index (κ1) is 30.4. The predicted octanol–water partition coefficient (Wildman–Crippen LogP) is 3.73. The van der Waals surface area contributed by atoms with E-state index in [4.69, 9.17) is 9.90 Å². The number of halogens is 6. The maximum Gasteiger partial charge on any atom is 0.573 e. The number of fused-ring (bicyclic) bond motifs is 1. The summed E-state index contributed by atoms with van der Waals surface area (Å²) >= 11 is 0. The van der Waals surface area contributed by atoms with Crippen molar-refractivity contribution in [1.82, 2.24) is 15.5 Å². The minimum atomic E-state index is -5.08. The SMILES string of the molecule is O=C(O)C(F)(F)F.O=C1CNCC2=C1C(c1ccc(S(=O)(=O)Nc3ccc(OC(F)(F)F)cc3)cc1)c1cn[nH]c1N2. The van der Waals surface area contributed by atoms with Gasteiger partial charge in [0.1, 0.15) is 11.6 Å². The number of aromatic amines is 1. The topological polar surface area (TPSA) is 163 Å². The minimum Gasteiger partial charge on any atom is -0.475 e. The number of ether oxygens (including phenoxy) is 1. The van der Waals surface area contributed by atoms with E-state index in [1.54, 1.807) is 18.3 Å². The van der Waals surface area contributed by atoms with Crippen LogP contribution in [0.3, 0.4) is 0 Å². The third-order valence-corrected chi connectivity index (χ3v) is 7.26. The van der Waals surface area contributed by atoms with Gasteiger partial charge in [0.05, 0.1) is 17.6 Å². The number of sulfonamides is 1. The Morgan fingerprint density at radius 2 is 1.62 bits per heavy atom. The van der Waals surface area contributed by atoms with Crippen molar-refractivity contribution in [1.29, 1.82) is 0 Å². The molecule has 0 radical (unpaired) electrons. The van der Waals surface area contributed by atoms with Crippen LogP contribution in [0.15, 0.2) is 70.9 Å². The Hall–Kier alpha value is -4.58. The number of alkyl halides is 6. The van der Waals surface area contributed by atoms with Crippen LogP contribution in [0, 0.1) is 0 Å². The highest BCUT2D eigenvalue weighted by Gasteiger charge is 2.38. The quantitative estimate of drug-likeness (QED) is 0.268. The molecule has 1 aromatic heterocycles. The van der Waals surface area contributed by atoms with Crippen LogP contribution in [0.1, 0.15) is 17.0 Å². The summed E-state index contributed by atoms with van der Waals surface area (Å²) in [6.07, 6.45) is -8.30. The van der Waals surface area contributed by atoms with Gasteiger partial charge in [0, 0.05) is 35.0 Å². The number of carboxylic acids is 1. The molecule has 0 amide bonds. The Bertz CT molecular complexity index is 1620. The summed E-state index contributed by atoms with van der Waals surface area (Å²) in [6.45, 7) is 0.687. The third-order valence-electron chi connectivity index (χ3n) is 5.86. The second-order valence-corrected chi connectivity index (χ2v) is 10.4. The molecule has 18 heteroatoms. The second kappa shape index (κ2) is 11.4. The van der Waals surface area contributed by atoms with Crippen molar-refractivity contribution in [3.8, 4) is 5.75 Å². The molecule has 224 valence electrons. The van der Waals surface area contributed by atoms with Gasteiger partial charge in [-0.25, -0.2) is 13.2 Å². The first-order valence-corrected chi connectivity index (χ1v) is 13.1. The van der Waals surface area contributed by atoms with Gasteiger partial charge in [0.2, 0.25) is 0 Å². The summed E-state index contributed by atoms with van der Waals surface area (Å²) in [6, 6.07) is 10.4. The number of rotatable bonds is 5. The number of aromatic nitrogens is 2. The van der Waals surface area contributed by atoms with Crippen LogP contribution in [-0.2, 0) is 19.6 Å². The van der Waals surface area contributed by atoms with Crippen LogP contribution >= 0.6 is 0 Å². The van der Waals surface area contributed by atoms with Crippen LogP contribution < -0.4 is 20.1 Å². The lowest BCUT2D eigenvalue weighted by molar-refractivity contribution is -0.274. The molecule has 0 spiro atoms. The number of aliphatic carboxylic acids is 1. The van der Waals surface area contributed by atoms with E-state index in [1.165, 1.54) is 24.3 Å². The molecule has 0 bridgehead atoms. The van der Waals surface area contributed by atoms with Gasteiger partial charge in [0.15, 0.2) is 5.78 Å². The van der Waals surface area contributed by atoms with Crippen LogP contribution in [0.4, 0.5) is 37.8 Å². The number of carbonyl (C=O) groups is 2. The van der Waals surface area contributed by atoms with Crippen LogP contribution in [0.5, 0.6) is 5.75 Å². The molecule has 2 aromatic carbocycles. The highest BCUT2D eigenvalue weighted by atomic mass is 32.2. The Kier molecular flexibility index (Phi) is 8.22. The fourth-order valence-electron chi connectivity index (χ4n) is 4.15. The second-order valence-electron chi connectivity index (χ2n) is 8.73. The minimum absolute atomic E-state index is 0.0518. The zero-order chi connectivity index (χ0) is 30.9. The molecule has 5 rings (SSSR count). The normalized spacial score (nSPS) is 16.8. The third kappa shape index (κ3) is 7.00. The highest BCUT2D eigenvalue weighted by molar-refractivity contribution is 7.92. The van der Waals surface area contributed by atoms with Gasteiger partial charge in [-0.05, 0) is 42.0 Å². The molecular weight excluding hydrogens is 600 g/mol. The van der Waals surface area contributed by atoms with E-state index in [1.807, 2.05) is 0 Å².